The average molecular weight is 293 g/mol. The van der Waals surface area contributed by atoms with Crippen molar-refractivity contribution in [2.24, 2.45) is 16.8 Å². The zero-order valence-electron chi connectivity index (χ0n) is 13.1. The Hall–Kier alpha value is -1.49. The van der Waals surface area contributed by atoms with E-state index >= 15 is 0 Å². The van der Waals surface area contributed by atoms with Crippen LogP contribution in [0.25, 0.3) is 0 Å². The molecule has 2 heterocycles. The third-order valence-corrected chi connectivity index (χ3v) is 3.44. The quantitative estimate of drug-likeness (QED) is 0.597. The maximum absolute atomic E-state index is 5.41. The van der Waals surface area contributed by atoms with Crippen molar-refractivity contribution in [2.75, 3.05) is 32.8 Å². The first-order valence-electron chi connectivity index (χ1n) is 7.86. The summed E-state index contributed by atoms with van der Waals surface area (Å²) < 4.78 is 10.7. The summed E-state index contributed by atoms with van der Waals surface area (Å²) in [6.45, 7) is 8.66. The first-order valence-corrected chi connectivity index (χ1v) is 7.86. The highest BCUT2D eigenvalue weighted by atomic mass is 16.5. The second-order valence-electron chi connectivity index (χ2n) is 5.95. The van der Waals surface area contributed by atoms with Crippen molar-refractivity contribution >= 4 is 5.96 Å². The normalized spacial score (nSPS) is 19.2. The van der Waals surface area contributed by atoms with E-state index in [9.17, 15) is 0 Å². The lowest BCUT2D eigenvalue weighted by Crippen LogP contribution is -2.41. The third kappa shape index (κ3) is 6.21. The summed E-state index contributed by atoms with van der Waals surface area (Å²) in [7, 11) is 0. The van der Waals surface area contributed by atoms with E-state index in [1.54, 1.807) is 6.26 Å². The van der Waals surface area contributed by atoms with Crippen molar-refractivity contribution in [3.63, 3.8) is 0 Å². The van der Waals surface area contributed by atoms with Crippen molar-refractivity contribution < 1.29 is 9.15 Å². The number of ether oxygens (including phenoxy) is 1. The summed E-state index contributed by atoms with van der Waals surface area (Å²) in [4.78, 5) is 4.63. The Morgan fingerprint density at radius 1 is 1.43 bits per heavy atom. The van der Waals surface area contributed by atoms with Crippen LogP contribution in [0.3, 0.4) is 0 Å². The standard InChI is InChI=1S/C16H27N3O2/c1-13(2)10-18-16(19-11-14-6-9-20-12-14)17-7-5-15-4-3-8-21-15/h3-4,8,13-14H,5-7,9-12H2,1-2H3,(H2,17,18,19). The Labute approximate surface area is 127 Å². The Kier molecular flexibility index (Phi) is 6.60. The summed E-state index contributed by atoms with van der Waals surface area (Å²) in [6, 6.07) is 3.91. The number of nitrogens with zero attached hydrogens (tertiary/aromatic N) is 1. The Morgan fingerprint density at radius 2 is 2.33 bits per heavy atom. The smallest absolute Gasteiger partial charge is 0.191 e. The lowest BCUT2D eigenvalue weighted by Gasteiger charge is -2.15. The zero-order valence-corrected chi connectivity index (χ0v) is 13.1. The van der Waals surface area contributed by atoms with Gasteiger partial charge in [0, 0.05) is 38.6 Å². The van der Waals surface area contributed by atoms with E-state index in [0.29, 0.717) is 11.8 Å². The number of hydrogen-bond donors (Lipinski definition) is 2. The van der Waals surface area contributed by atoms with Crippen LogP contribution in [0, 0.1) is 11.8 Å². The molecule has 2 N–H and O–H groups in total. The van der Waals surface area contributed by atoms with Crippen molar-refractivity contribution in [3.05, 3.63) is 24.2 Å². The van der Waals surface area contributed by atoms with Crippen LogP contribution in [0.4, 0.5) is 0 Å². The van der Waals surface area contributed by atoms with Gasteiger partial charge in [0.15, 0.2) is 5.96 Å². The molecule has 1 aliphatic rings. The summed E-state index contributed by atoms with van der Waals surface area (Å²) in [5.74, 6) is 3.04. The molecule has 1 fully saturated rings. The Bertz CT molecular complexity index is 409. The van der Waals surface area contributed by atoms with E-state index in [0.717, 1.165) is 57.4 Å². The predicted octanol–water partition coefficient (Wildman–Crippen LogP) is 2.05. The number of rotatable bonds is 7. The molecule has 0 saturated carbocycles. The van der Waals surface area contributed by atoms with Crippen molar-refractivity contribution in [2.45, 2.75) is 26.7 Å². The van der Waals surface area contributed by atoms with Gasteiger partial charge in [0.2, 0.25) is 0 Å². The molecule has 1 aliphatic heterocycles. The molecule has 1 aromatic heterocycles. The molecule has 5 nitrogen and oxygen atoms in total. The molecular weight excluding hydrogens is 266 g/mol. The van der Waals surface area contributed by atoms with Crippen LogP contribution in [-0.4, -0.2) is 38.8 Å². The molecule has 0 radical (unpaired) electrons. The highest BCUT2D eigenvalue weighted by Gasteiger charge is 2.15. The van der Waals surface area contributed by atoms with Crippen LogP contribution in [-0.2, 0) is 11.2 Å². The first-order chi connectivity index (χ1) is 10.2. The fraction of sp³-hybridized carbons (Fsp3) is 0.688. The Balaban J connectivity index is 1.75. The topological polar surface area (TPSA) is 58.8 Å². The van der Waals surface area contributed by atoms with Gasteiger partial charge in [0.25, 0.3) is 0 Å². The van der Waals surface area contributed by atoms with Gasteiger partial charge in [0.1, 0.15) is 5.76 Å². The molecule has 1 unspecified atom stereocenters. The maximum Gasteiger partial charge on any atom is 0.191 e. The van der Waals surface area contributed by atoms with Crippen molar-refractivity contribution in [1.82, 2.24) is 10.6 Å². The third-order valence-electron chi connectivity index (χ3n) is 3.44. The predicted molar refractivity (Wildman–Crippen MR) is 84.5 cm³/mol. The van der Waals surface area contributed by atoms with E-state index in [1.165, 1.54) is 0 Å². The molecule has 21 heavy (non-hydrogen) atoms. The van der Waals surface area contributed by atoms with Crippen LogP contribution in [0.5, 0.6) is 0 Å². The monoisotopic (exact) mass is 293 g/mol. The SMILES string of the molecule is CC(C)CN=C(NCCc1ccco1)NCC1CCOC1. The van der Waals surface area contributed by atoms with Crippen LogP contribution in [0.2, 0.25) is 0 Å². The average Bonchev–Trinajstić information content (AvgIpc) is 3.14. The van der Waals surface area contributed by atoms with Crippen LogP contribution >= 0.6 is 0 Å². The molecule has 2 rings (SSSR count). The second-order valence-corrected chi connectivity index (χ2v) is 5.95. The molecule has 1 atom stereocenters. The summed E-state index contributed by atoms with van der Waals surface area (Å²) in [6.07, 6.45) is 3.71. The van der Waals surface area contributed by atoms with E-state index in [4.69, 9.17) is 9.15 Å². The molecule has 5 heteroatoms. The van der Waals surface area contributed by atoms with Gasteiger partial charge in [-0.25, -0.2) is 0 Å². The lowest BCUT2D eigenvalue weighted by molar-refractivity contribution is 0.186. The van der Waals surface area contributed by atoms with Gasteiger partial charge in [0.05, 0.1) is 12.9 Å². The summed E-state index contributed by atoms with van der Waals surface area (Å²) in [5, 5.41) is 6.80. The van der Waals surface area contributed by atoms with Gasteiger partial charge >= 0.3 is 0 Å². The summed E-state index contributed by atoms with van der Waals surface area (Å²) >= 11 is 0. The Morgan fingerprint density at radius 3 is 3.00 bits per heavy atom. The molecular formula is C16H27N3O2. The lowest BCUT2D eigenvalue weighted by atomic mass is 10.1. The maximum atomic E-state index is 5.41. The molecule has 118 valence electrons. The zero-order chi connectivity index (χ0) is 14.9. The fourth-order valence-electron chi connectivity index (χ4n) is 2.19. The molecule has 1 saturated heterocycles. The van der Waals surface area contributed by atoms with Gasteiger partial charge in [-0.1, -0.05) is 13.8 Å². The summed E-state index contributed by atoms with van der Waals surface area (Å²) in [5.41, 5.74) is 0. The minimum Gasteiger partial charge on any atom is -0.469 e. The van der Waals surface area contributed by atoms with Gasteiger partial charge in [-0.05, 0) is 24.5 Å². The van der Waals surface area contributed by atoms with E-state index in [-0.39, 0.29) is 0 Å². The van der Waals surface area contributed by atoms with E-state index in [1.807, 2.05) is 12.1 Å². The number of aliphatic imine (C=N–C) groups is 1. The van der Waals surface area contributed by atoms with Crippen molar-refractivity contribution in [3.8, 4) is 0 Å². The van der Waals surface area contributed by atoms with E-state index in [2.05, 4.69) is 29.5 Å². The van der Waals surface area contributed by atoms with Crippen LogP contribution in [0.1, 0.15) is 26.0 Å². The van der Waals surface area contributed by atoms with Gasteiger partial charge in [-0.3, -0.25) is 4.99 Å². The fourth-order valence-corrected chi connectivity index (χ4v) is 2.19. The highest BCUT2D eigenvalue weighted by molar-refractivity contribution is 5.79. The van der Waals surface area contributed by atoms with Crippen molar-refractivity contribution in [1.29, 1.82) is 0 Å². The van der Waals surface area contributed by atoms with Gasteiger partial charge in [-0.2, -0.15) is 0 Å². The van der Waals surface area contributed by atoms with Gasteiger partial charge in [-0.15, -0.1) is 0 Å². The number of furan rings is 1. The molecule has 0 aliphatic carbocycles. The molecule has 0 bridgehead atoms. The molecule has 0 aromatic carbocycles. The van der Waals surface area contributed by atoms with Gasteiger partial charge < -0.3 is 19.8 Å². The second kappa shape index (κ2) is 8.72. The van der Waals surface area contributed by atoms with E-state index < -0.39 is 0 Å². The van der Waals surface area contributed by atoms with Crippen LogP contribution in [0.15, 0.2) is 27.8 Å². The molecule has 0 amide bonds. The minimum atomic E-state index is 0.559. The van der Waals surface area contributed by atoms with Crippen LogP contribution < -0.4 is 10.6 Å². The molecule has 1 aromatic rings. The highest BCUT2D eigenvalue weighted by Crippen LogP contribution is 2.10. The first kappa shape index (κ1) is 15.9. The largest absolute Gasteiger partial charge is 0.469 e. The molecule has 0 spiro atoms. The number of hydrogen-bond acceptors (Lipinski definition) is 3. The number of nitrogens with one attached hydrogen (secondary N) is 2. The number of guanidine groups is 1. The minimum absolute atomic E-state index is 0.559.